The van der Waals surface area contributed by atoms with Crippen molar-refractivity contribution in [3.05, 3.63) is 62.9 Å². The number of hydrogen-bond acceptors (Lipinski definition) is 6. The molecule has 0 unspecified atom stereocenters. The van der Waals surface area contributed by atoms with Gasteiger partial charge in [-0.15, -0.1) is 11.3 Å². The van der Waals surface area contributed by atoms with Crippen molar-refractivity contribution in [2.24, 2.45) is 4.99 Å². The van der Waals surface area contributed by atoms with Crippen LogP contribution in [0, 0.1) is 32.1 Å². The Balaban J connectivity index is 1.91. The first-order chi connectivity index (χ1) is 14.9. The molecule has 1 aliphatic heterocycles. The summed E-state index contributed by atoms with van der Waals surface area (Å²) in [4.78, 5) is 19.6. The Hall–Kier alpha value is -3.31. The maximum absolute atomic E-state index is 12.5. The van der Waals surface area contributed by atoms with E-state index >= 15 is 0 Å². The van der Waals surface area contributed by atoms with Crippen molar-refractivity contribution in [3.63, 3.8) is 0 Å². The van der Waals surface area contributed by atoms with Gasteiger partial charge in [0, 0.05) is 27.4 Å². The van der Waals surface area contributed by atoms with E-state index in [1.807, 2.05) is 19.1 Å². The number of aryl methyl sites for hydroxylation is 2. The molecule has 1 N–H and O–H groups in total. The lowest BCUT2D eigenvalue weighted by atomic mass is 9.96. The van der Waals surface area contributed by atoms with Crippen LogP contribution in [-0.2, 0) is 4.79 Å². The summed E-state index contributed by atoms with van der Waals surface area (Å²) in [5.41, 5.74) is 5.87. The Bertz CT molecular complexity index is 1220. The molecular weight excluding hydrogens is 415 g/mol. The molecule has 0 aliphatic carbocycles. The molecular formula is C23H21FN4O2S. The maximum atomic E-state index is 12.5. The average molecular weight is 437 g/mol. The van der Waals surface area contributed by atoms with Crippen LogP contribution >= 0.6 is 11.3 Å². The van der Waals surface area contributed by atoms with Crippen molar-refractivity contribution >= 4 is 23.0 Å². The van der Waals surface area contributed by atoms with Gasteiger partial charge in [0.25, 0.3) is 0 Å². The second-order valence-corrected chi connectivity index (χ2v) is 8.65. The lowest BCUT2D eigenvalue weighted by Crippen LogP contribution is -2.26. The highest BCUT2D eigenvalue weighted by Crippen LogP contribution is 2.46. The van der Waals surface area contributed by atoms with Crippen LogP contribution in [0.2, 0.25) is 0 Å². The van der Waals surface area contributed by atoms with Gasteiger partial charge in [0.05, 0.1) is 35.0 Å². The highest BCUT2D eigenvalue weighted by atomic mass is 32.1. The number of aromatic nitrogens is 1. The lowest BCUT2D eigenvalue weighted by molar-refractivity contribution is -0.121. The summed E-state index contributed by atoms with van der Waals surface area (Å²) < 4.78 is 18.2. The van der Waals surface area contributed by atoms with E-state index in [-0.39, 0.29) is 18.9 Å². The number of halogens is 1. The van der Waals surface area contributed by atoms with Gasteiger partial charge in [-0.2, -0.15) is 5.26 Å². The minimum Gasteiger partial charge on any atom is -0.358 e. The highest BCUT2D eigenvalue weighted by Gasteiger charge is 2.34. The maximum Gasteiger partial charge on any atom is 0.222 e. The van der Waals surface area contributed by atoms with Crippen molar-refractivity contribution in [1.29, 1.82) is 5.26 Å². The number of rotatable bonds is 5. The van der Waals surface area contributed by atoms with Crippen molar-refractivity contribution < 1.29 is 13.7 Å². The fraction of sp³-hybridized carbons (Fsp3) is 0.304. The summed E-state index contributed by atoms with van der Waals surface area (Å²) >= 11 is 1.65. The van der Waals surface area contributed by atoms with Crippen LogP contribution in [0.3, 0.4) is 0 Å². The predicted molar refractivity (Wildman–Crippen MR) is 117 cm³/mol. The molecule has 158 valence electrons. The standard InChI is InChI=1S/C23H21FN4O2S/c1-12-14(3)31-23-19(12)21(16-6-4-15(11-25)5-7-16)27-17(10-18(29)26-9-8-24)22-20(23)13(2)28-30-22/h4-7,17H,8-10H2,1-3H3,(H,26,29)/t17-/m0/s1. The molecule has 1 atom stereocenters. The first-order valence-electron chi connectivity index (χ1n) is 9.92. The Morgan fingerprint density at radius 2 is 2.00 bits per heavy atom. The van der Waals surface area contributed by atoms with E-state index in [9.17, 15) is 9.18 Å². The minimum absolute atomic E-state index is 0.0222. The number of carbonyl (C=O) groups excluding carboxylic acids is 1. The molecule has 1 amide bonds. The predicted octanol–water partition coefficient (Wildman–Crippen LogP) is 4.57. The molecule has 2 aromatic heterocycles. The number of fused-ring (bicyclic) bond motifs is 3. The SMILES string of the molecule is Cc1noc2c1-c1sc(C)c(C)c1C(c1ccc(C#N)cc1)=N[C@H]2CC(=O)NCCF. The number of benzene rings is 1. The van der Waals surface area contributed by atoms with Crippen LogP contribution < -0.4 is 5.32 Å². The van der Waals surface area contributed by atoms with Crippen LogP contribution in [0.25, 0.3) is 10.4 Å². The van der Waals surface area contributed by atoms with Gasteiger partial charge >= 0.3 is 0 Å². The van der Waals surface area contributed by atoms with E-state index < -0.39 is 12.7 Å². The Morgan fingerprint density at radius 1 is 1.26 bits per heavy atom. The number of alkyl halides is 1. The number of nitriles is 1. The first-order valence-corrected chi connectivity index (χ1v) is 10.7. The number of amides is 1. The molecule has 3 heterocycles. The third-order valence-electron chi connectivity index (χ3n) is 5.41. The third kappa shape index (κ3) is 3.77. The quantitative estimate of drug-likeness (QED) is 0.634. The van der Waals surface area contributed by atoms with Gasteiger partial charge in [0.1, 0.15) is 12.7 Å². The van der Waals surface area contributed by atoms with E-state index in [0.29, 0.717) is 11.3 Å². The van der Waals surface area contributed by atoms with Gasteiger partial charge in [-0.25, -0.2) is 4.39 Å². The largest absolute Gasteiger partial charge is 0.358 e. The summed E-state index contributed by atoms with van der Waals surface area (Å²) in [7, 11) is 0. The Labute approximate surface area is 183 Å². The normalized spacial score (nSPS) is 14.8. The first kappa shape index (κ1) is 20.9. The summed E-state index contributed by atoms with van der Waals surface area (Å²) in [5.74, 6) is 0.239. The molecule has 4 rings (SSSR count). The number of carbonyl (C=O) groups is 1. The number of hydrogen-bond donors (Lipinski definition) is 1. The van der Waals surface area contributed by atoms with E-state index in [1.165, 1.54) is 0 Å². The molecule has 1 aromatic carbocycles. The number of aliphatic imine (C=N–C) groups is 1. The van der Waals surface area contributed by atoms with Gasteiger partial charge in [-0.3, -0.25) is 9.79 Å². The van der Waals surface area contributed by atoms with Gasteiger partial charge in [0.2, 0.25) is 5.91 Å². The number of thiophene rings is 1. The Kier molecular flexibility index (Phi) is 5.70. The second-order valence-electron chi connectivity index (χ2n) is 7.42. The number of nitrogens with zero attached hydrogens (tertiary/aromatic N) is 3. The summed E-state index contributed by atoms with van der Waals surface area (Å²) in [6.07, 6.45) is 0.0222. The lowest BCUT2D eigenvalue weighted by Gasteiger charge is -2.12. The average Bonchev–Trinajstić information content (AvgIpc) is 3.24. The molecule has 3 aromatic rings. The van der Waals surface area contributed by atoms with Gasteiger partial charge in [-0.1, -0.05) is 17.3 Å². The van der Waals surface area contributed by atoms with Gasteiger partial charge in [-0.05, 0) is 38.5 Å². The zero-order valence-electron chi connectivity index (χ0n) is 17.5. The van der Waals surface area contributed by atoms with E-state index in [1.54, 1.807) is 23.5 Å². The smallest absolute Gasteiger partial charge is 0.222 e. The Morgan fingerprint density at radius 3 is 2.68 bits per heavy atom. The fourth-order valence-electron chi connectivity index (χ4n) is 3.75. The second kappa shape index (κ2) is 8.44. The molecule has 0 saturated carbocycles. The van der Waals surface area contributed by atoms with Gasteiger partial charge in [0.15, 0.2) is 5.76 Å². The monoisotopic (exact) mass is 436 g/mol. The summed E-state index contributed by atoms with van der Waals surface area (Å²) in [6, 6.07) is 8.78. The number of nitrogens with one attached hydrogen (secondary N) is 1. The van der Waals surface area contributed by atoms with Crippen molar-refractivity contribution in [2.45, 2.75) is 33.2 Å². The van der Waals surface area contributed by atoms with E-state index in [0.717, 1.165) is 43.4 Å². The van der Waals surface area contributed by atoms with Gasteiger partial charge < -0.3 is 9.84 Å². The van der Waals surface area contributed by atoms with E-state index in [4.69, 9.17) is 14.8 Å². The molecule has 0 saturated heterocycles. The van der Waals surface area contributed by atoms with Crippen molar-refractivity contribution in [3.8, 4) is 16.5 Å². The van der Waals surface area contributed by atoms with Crippen LogP contribution in [0.5, 0.6) is 0 Å². The zero-order valence-corrected chi connectivity index (χ0v) is 18.3. The molecule has 8 heteroatoms. The molecule has 0 fully saturated rings. The fourth-order valence-corrected chi connectivity index (χ4v) is 5.02. The highest BCUT2D eigenvalue weighted by molar-refractivity contribution is 7.16. The minimum atomic E-state index is -0.626. The van der Waals surface area contributed by atoms with Crippen LogP contribution in [-0.4, -0.2) is 30.0 Å². The summed E-state index contributed by atoms with van der Waals surface area (Å²) in [5, 5.41) is 15.9. The van der Waals surface area contributed by atoms with Crippen molar-refractivity contribution in [1.82, 2.24) is 10.5 Å². The molecule has 6 nitrogen and oxygen atoms in total. The summed E-state index contributed by atoms with van der Waals surface area (Å²) in [6.45, 7) is 5.34. The molecule has 0 spiro atoms. The zero-order chi connectivity index (χ0) is 22.1. The van der Waals surface area contributed by atoms with Crippen LogP contribution in [0.1, 0.15) is 51.0 Å². The third-order valence-corrected chi connectivity index (χ3v) is 6.63. The molecule has 1 aliphatic rings. The molecule has 0 bridgehead atoms. The molecule has 31 heavy (non-hydrogen) atoms. The molecule has 0 radical (unpaired) electrons. The van der Waals surface area contributed by atoms with Crippen LogP contribution in [0.4, 0.5) is 4.39 Å². The van der Waals surface area contributed by atoms with E-state index in [2.05, 4.69) is 30.4 Å². The van der Waals surface area contributed by atoms with Crippen LogP contribution in [0.15, 0.2) is 33.8 Å². The van der Waals surface area contributed by atoms with Crippen molar-refractivity contribution in [2.75, 3.05) is 13.2 Å². The topological polar surface area (TPSA) is 91.3 Å².